The number of halogens is 1. The Morgan fingerprint density at radius 2 is 1.70 bits per heavy atom. The van der Waals surface area contributed by atoms with E-state index in [9.17, 15) is 0 Å². The van der Waals surface area contributed by atoms with Gasteiger partial charge in [0, 0.05) is 10.0 Å². The average Bonchev–Trinajstić information content (AvgIpc) is 3.36. The molecule has 0 radical (unpaired) electrons. The first-order valence-corrected chi connectivity index (χ1v) is 9.69. The maximum Gasteiger partial charge on any atom is 0.277 e. The predicted molar refractivity (Wildman–Crippen MR) is 103 cm³/mol. The number of aromatic nitrogens is 4. The Kier molecular flexibility index (Phi) is 5.21. The molecule has 0 saturated carbocycles. The van der Waals surface area contributed by atoms with Crippen molar-refractivity contribution in [3.8, 4) is 28.7 Å². The topological polar surface area (TPSA) is 87.1 Å². The normalized spacial score (nSPS) is 10.9. The number of rotatable bonds is 6. The third-order valence-electron chi connectivity index (χ3n) is 3.62. The molecule has 0 amide bonds. The van der Waals surface area contributed by atoms with Gasteiger partial charge in [-0.15, -0.1) is 20.4 Å². The van der Waals surface area contributed by atoms with Gasteiger partial charge in [0.15, 0.2) is 0 Å². The molecular weight excluding hydrogens is 432 g/mol. The fraction of sp³-hybridized carbons (Fsp3) is 0.111. The van der Waals surface area contributed by atoms with E-state index in [0.717, 1.165) is 15.6 Å². The Morgan fingerprint density at radius 1 is 0.926 bits per heavy atom. The zero-order valence-corrected chi connectivity index (χ0v) is 16.5. The summed E-state index contributed by atoms with van der Waals surface area (Å²) in [6, 6.07) is 15.1. The minimum absolute atomic E-state index is 0.399. The van der Waals surface area contributed by atoms with Crippen LogP contribution in [0, 0.1) is 0 Å². The van der Waals surface area contributed by atoms with Gasteiger partial charge in [0.25, 0.3) is 11.1 Å². The number of thioether (sulfide) groups is 1. The summed E-state index contributed by atoms with van der Waals surface area (Å²) in [6.07, 6.45) is 0. The van der Waals surface area contributed by atoms with Gasteiger partial charge in [0.2, 0.25) is 11.8 Å². The van der Waals surface area contributed by atoms with Crippen LogP contribution in [0.1, 0.15) is 5.89 Å². The van der Waals surface area contributed by atoms with Crippen LogP contribution in [0.2, 0.25) is 0 Å². The number of nitrogens with zero attached hydrogens (tertiary/aromatic N) is 4. The molecule has 0 atom stereocenters. The standard InChI is InChI=1S/C18H13BrN4O3S/c1-24-14-5-3-2-4-13(14)17-22-23-18(26-17)27-10-15-20-21-16(25-15)11-6-8-12(19)9-7-11/h2-9H,10H2,1H3. The summed E-state index contributed by atoms with van der Waals surface area (Å²) in [5, 5.41) is 16.7. The van der Waals surface area contributed by atoms with Gasteiger partial charge in [0.1, 0.15) is 5.75 Å². The van der Waals surface area contributed by atoms with Crippen LogP contribution in [0.5, 0.6) is 5.75 Å². The first kappa shape index (κ1) is 17.7. The maximum absolute atomic E-state index is 5.70. The van der Waals surface area contributed by atoms with Gasteiger partial charge < -0.3 is 13.6 Å². The third kappa shape index (κ3) is 4.04. The SMILES string of the molecule is COc1ccccc1-c1nnc(SCc2nnc(-c3ccc(Br)cc3)o2)o1. The molecule has 0 saturated heterocycles. The van der Waals surface area contributed by atoms with Gasteiger partial charge in [-0.2, -0.15) is 0 Å². The Balaban J connectivity index is 1.44. The lowest BCUT2D eigenvalue weighted by atomic mass is 10.2. The lowest BCUT2D eigenvalue weighted by Crippen LogP contribution is -1.87. The number of hydrogen-bond donors (Lipinski definition) is 0. The molecule has 4 aromatic rings. The molecule has 0 spiro atoms. The number of ether oxygens (including phenoxy) is 1. The van der Waals surface area contributed by atoms with E-state index < -0.39 is 0 Å². The van der Waals surface area contributed by atoms with Crippen LogP contribution >= 0.6 is 27.7 Å². The Bertz CT molecular complexity index is 1050. The molecule has 0 aliphatic rings. The molecule has 0 unspecified atom stereocenters. The highest BCUT2D eigenvalue weighted by molar-refractivity contribution is 9.10. The number of methoxy groups -OCH3 is 1. The predicted octanol–water partition coefficient (Wildman–Crippen LogP) is 4.85. The van der Waals surface area contributed by atoms with Gasteiger partial charge in [-0.25, -0.2) is 0 Å². The minimum Gasteiger partial charge on any atom is -0.496 e. The number of para-hydroxylation sites is 1. The van der Waals surface area contributed by atoms with Crippen molar-refractivity contribution in [1.29, 1.82) is 0 Å². The van der Waals surface area contributed by atoms with E-state index in [1.165, 1.54) is 11.8 Å². The lowest BCUT2D eigenvalue weighted by Gasteiger charge is -2.03. The summed E-state index contributed by atoms with van der Waals surface area (Å²) in [4.78, 5) is 0. The van der Waals surface area contributed by atoms with E-state index in [0.29, 0.717) is 34.4 Å². The van der Waals surface area contributed by atoms with Crippen LogP contribution in [0.25, 0.3) is 22.9 Å². The lowest BCUT2D eigenvalue weighted by molar-refractivity contribution is 0.411. The van der Waals surface area contributed by atoms with Crippen LogP contribution in [0.3, 0.4) is 0 Å². The van der Waals surface area contributed by atoms with Crippen molar-refractivity contribution >= 4 is 27.7 Å². The van der Waals surface area contributed by atoms with E-state index in [2.05, 4.69) is 36.3 Å². The Morgan fingerprint density at radius 3 is 2.52 bits per heavy atom. The fourth-order valence-electron chi connectivity index (χ4n) is 2.34. The van der Waals surface area contributed by atoms with E-state index in [1.807, 2.05) is 48.5 Å². The molecule has 0 fully saturated rings. The van der Waals surface area contributed by atoms with Gasteiger partial charge in [-0.3, -0.25) is 0 Å². The fourth-order valence-corrected chi connectivity index (χ4v) is 3.21. The second-order valence-electron chi connectivity index (χ2n) is 5.37. The van der Waals surface area contributed by atoms with Crippen molar-refractivity contribution in [2.45, 2.75) is 11.0 Å². The molecule has 9 heteroatoms. The summed E-state index contributed by atoms with van der Waals surface area (Å²) in [5.41, 5.74) is 1.60. The molecule has 4 rings (SSSR count). The van der Waals surface area contributed by atoms with Gasteiger partial charge >= 0.3 is 0 Å². The first-order chi connectivity index (χ1) is 13.2. The summed E-state index contributed by atoms with van der Waals surface area (Å²) >= 11 is 4.73. The Labute approximate surface area is 167 Å². The highest BCUT2D eigenvalue weighted by atomic mass is 79.9. The van der Waals surface area contributed by atoms with Gasteiger partial charge in [-0.1, -0.05) is 39.8 Å². The molecular formula is C18H13BrN4O3S. The minimum atomic E-state index is 0.399. The number of benzene rings is 2. The molecule has 7 nitrogen and oxygen atoms in total. The van der Waals surface area contributed by atoms with Crippen molar-refractivity contribution in [3.63, 3.8) is 0 Å². The van der Waals surface area contributed by atoms with Crippen LogP contribution in [-0.4, -0.2) is 27.5 Å². The largest absolute Gasteiger partial charge is 0.496 e. The van der Waals surface area contributed by atoms with Crippen LogP contribution < -0.4 is 4.74 Å². The van der Waals surface area contributed by atoms with Crippen molar-refractivity contribution in [2.75, 3.05) is 7.11 Å². The van der Waals surface area contributed by atoms with E-state index >= 15 is 0 Å². The molecule has 27 heavy (non-hydrogen) atoms. The quantitative estimate of drug-likeness (QED) is 0.390. The highest BCUT2D eigenvalue weighted by Gasteiger charge is 2.15. The molecule has 0 bridgehead atoms. The zero-order chi connectivity index (χ0) is 18.6. The number of hydrogen-bond acceptors (Lipinski definition) is 8. The second-order valence-corrected chi connectivity index (χ2v) is 7.21. The van der Waals surface area contributed by atoms with Crippen molar-refractivity contribution in [3.05, 3.63) is 58.9 Å². The van der Waals surface area contributed by atoms with Crippen molar-refractivity contribution < 1.29 is 13.6 Å². The first-order valence-electron chi connectivity index (χ1n) is 7.91. The van der Waals surface area contributed by atoms with E-state index in [4.69, 9.17) is 13.6 Å². The maximum atomic E-state index is 5.70. The van der Waals surface area contributed by atoms with E-state index in [-0.39, 0.29) is 0 Å². The van der Waals surface area contributed by atoms with Gasteiger partial charge in [-0.05, 0) is 36.4 Å². The molecule has 136 valence electrons. The smallest absolute Gasteiger partial charge is 0.277 e. The summed E-state index contributed by atoms with van der Waals surface area (Å²) in [6.45, 7) is 0. The third-order valence-corrected chi connectivity index (χ3v) is 4.95. The molecule has 0 N–H and O–H groups in total. The average molecular weight is 445 g/mol. The Hall–Kier alpha value is -2.65. The molecule has 0 aliphatic carbocycles. The summed E-state index contributed by atoms with van der Waals surface area (Å²) in [5.74, 6) is 2.45. The summed E-state index contributed by atoms with van der Waals surface area (Å²) in [7, 11) is 1.60. The van der Waals surface area contributed by atoms with Gasteiger partial charge in [0.05, 0.1) is 18.4 Å². The van der Waals surface area contributed by atoms with Crippen LogP contribution in [-0.2, 0) is 5.75 Å². The molecule has 2 aromatic heterocycles. The monoisotopic (exact) mass is 444 g/mol. The molecule has 0 aliphatic heterocycles. The summed E-state index contributed by atoms with van der Waals surface area (Å²) < 4.78 is 17.7. The van der Waals surface area contributed by atoms with Crippen LogP contribution in [0.4, 0.5) is 0 Å². The second kappa shape index (κ2) is 7.93. The van der Waals surface area contributed by atoms with E-state index in [1.54, 1.807) is 7.11 Å². The molecule has 2 aromatic carbocycles. The van der Waals surface area contributed by atoms with Crippen molar-refractivity contribution in [2.24, 2.45) is 0 Å². The molecule has 2 heterocycles. The van der Waals surface area contributed by atoms with Crippen LogP contribution in [0.15, 0.2) is 67.1 Å². The van der Waals surface area contributed by atoms with Crippen molar-refractivity contribution in [1.82, 2.24) is 20.4 Å². The zero-order valence-electron chi connectivity index (χ0n) is 14.1. The highest BCUT2D eigenvalue weighted by Crippen LogP contribution is 2.31.